The molecule has 0 spiro atoms. The average molecular weight is 311 g/mol. The Balaban J connectivity index is 1.98. The first kappa shape index (κ1) is 12.8. The standard InChI is InChI=1S/C17H13NOS2/c19-17(13-5-7-20-10-13,14-6-8-21-11-14)16-9-12-3-1-2-4-15(12)18-16/h1-11,18-19H. The summed E-state index contributed by atoms with van der Waals surface area (Å²) in [5.74, 6) is 0. The molecule has 0 atom stereocenters. The van der Waals surface area contributed by atoms with Crippen molar-refractivity contribution >= 4 is 33.6 Å². The fraction of sp³-hybridized carbons (Fsp3) is 0.0588. The zero-order chi connectivity index (χ0) is 14.3. The van der Waals surface area contributed by atoms with Crippen molar-refractivity contribution < 1.29 is 5.11 Å². The van der Waals surface area contributed by atoms with Gasteiger partial charge in [0.25, 0.3) is 0 Å². The largest absolute Gasteiger partial charge is 0.374 e. The molecule has 2 N–H and O–H groups in total. The number of aromatic nitrogens is 1. The molecule has 0 saturated heterocycles. The number of nitrogens with one attached hydrogen (secondary N) is 1. The predicted octanol–water partition coefficient (Wildman–Crippen LogP) is 4.58. The molecule has 0 fully saturated rings. The van der Waals surface area contributed by atoms with Crippen LogP contribution in [-0.4, -0.2) is 10.1 Å². The van der Waals surface area contributed by atoms with Gasteiger partial charge in [-0.05, 0) is 51.2 Å². The van der Waals surface area contributed by atoms with Gasteiger partial charge >= 0.3 is 0 Å². The molecule has 0 aliphatic carbocycles. The van der Waals surface area contributed by atoms with Gasteiger partial charge < -0.3 is 10.1 Å². The molecular formula is C17H13NOS2. The molecule has 4 heteroatoms. The van der Waals surface area contributed by atoms with Crippen molar-refractivity contribution in [3.8, 4) is 0 Å². The van der Waals surface area contributed by atoms with Crippen LogP contribution in [0.3, 0.4) is 0 Å². The molecule has 2 nitrogen and oxygen atoms in total. The molecule has 4 aromatic rings. The first-order chi connectivity index (χ1) is 10.3. The maximum atomic E-state index is 11.5. The Kier molecular flexibility index (Phi) is 2.96. The number of aliphatic hydroxyl groups is 1. The summed E-state index contributed by atoms with van der Waals surface area (Å²) in [7, 11) is 0. The quantitative estimate of drug-likeness (QED) is 0.571. The van der Waals surface area contributed by atoms with Crippen LogP contribution in [0, 0.1) is 0 Å². The summed E-state index contributed by atoms with van der Waals surface area (Å²) >= 11 is 3.19. The lowest BCUT2D eigenvalue weighted by Gasteiger charge is -2.26. The Hall–Kier alpha value is -1.88. The van der Waals surface area contributed by atoms with Crippen LogP contribution in [0.1, 0.15) is 16.8 Å². The number of aromatic amines is 1. The van der Waals surface area contributed by atoms with Crippen molar-refractivity contribution in [1.82, 2.24) is 4.98 Å². The molecule has 0 aliphatic heterocycles. The second-order valence-electron chi connectivity index (χ2n) is 5.00. The molecule has 0 bridgehead atoms. The summed E-state index contributed by atoms with van der Waals surface area (Å²) in [6.07, 6.45) is 0. The minimum absolute atomic E-state index is 0.806. The van der Waals surface area contributed by atoms with Crippen LogP contribution < -0.4 is 0 Å². The molecule has 4 rings (SSSR count). The molecule has 21 heavy (non-hydrogen) atoms. The molecule has 3 aromatic heterocycles. The third-order valence-electron chi connectivity index (χ3n) is 3.80. The summed E-state index contributed by atoms with van der Waals surface area (Å²) in [6, 6.07) is 14.1. The lowest BCUT2D eigenvalue weighted by atomic mass is 9.87. The van der Waals surface area contributed by atoms with Gasteiger partial charge in [0.15, 0.2) is 5.60 Å². The fourth-order valence-electron chi connectivity index (χ4n) is 2.69. The number of hydrogen-bond acceptors (Lipinski definition) is 3. The summed E-state index contributed by atoms with van der Waals surface area (Å²) in [5, 5.41) is 20.6. The van der Waals surface area contributed by atoms with Gasteiger partial charge in [-0.15, -0.1) is 0 Å². The van der Waals surface area contributed by atoms with Crippen LogP contribution in [0.2, 0.25) is 0 Å². The second kappa shape index (κ2) is 4.84. The molecule has 0 amide bonds. The van der Waals surface area contributed by atoms with Gasteiger partial charge in [0.05, 0.1) is 5.69 Å². The van der Waals surface area contributed by atoms with Crippen LogP contribution in [0.15, 0.2) is 64.0 Å². The van der Waals surface area contributed by atoms with E-state index in [1.165, 1.54) is 0 Å². The number of thiophene rings is 2. The summed E-state index contributed by atoms with van der Waals surface area (Å²) < 4.78 is 0. The van der Waals surface area contributed by atoms with E-state index in [2.05, 4.69) is 11.1 Å². The molecule has 3 heterocycles. The van der Waals surface area contributed by atoms with Crippen molar-refractivity contribution in [3.05, 3.63) is 80.8 Å². The molecule has 0 aliphatic rings. The maximum Gasteiger partial charge on any atom is 0.156 e. The van der Waals surface area contributed by atoms with Gasteiger partial charge in [-0.3, -0.25) is 0 Å². The molecule has 0 radical (unpaired) electrons. The number of H-pyrrole nitrogens is 1. The third-order valence-corrected chi connectivity index (χ3v) is 5.16. The highest BCUT2D eigenvalue weighted by molar-refractivity contribution is 7.08. The molecule has 0 saturated carbocycles. The fourth-order valence-corrected chi connectivity index (χ4v) is 4.09. The SMILES string of the molecule is OC(c1ccsc1)(c1ccsc1)c1cc2ccccc2[nH]1. The Morgan fingerprint density at radius 3 is 2.14 bits per heavy atom. The van der Waals surface area contributed by atoms with Crippen LogP contribution >= 0.6 is 22.7 Å². The van der Waals surface area contributed by atoms with Gasteiger partial charge in [-0.1, -0.05) is 18.2 Å². The Bertz CT molecular complexity index is 792. The summed E-state index contributed by atoms with van der Waals surface area (Å²) in [4.78, 5) is 3.37. The summed E-state index contributed by atoms with van der Waals surface area (Å²) in [6.45, 7) is 0. The van der Waals surface area contributed by atoms with Crippen molar-refractivity contribution in [1.29, 1.82) is 0 Å². The highest BCUT2D eigenvalue weighted by Gasteiger charge is 2.36. The third kappa shape index (κ3) is 1.95. The van der Waals surface area contributed by atoms with E-state index < -0.39 is 5.60 Å². The number of para-hydroxylation sites is 1. The highest BCUT2D eigenvalue weighted by atomic mass is 32.1. The van der Waals surface area contributed by atoms with Gasteiger partial charge in [-0.2, -0.15) is 22.7 Å². The van der Waals surface area contributed by atoms with Gasteiger partial charge in [0.2, 0.25) is 0 Å². The minimum atomic E-state index is -1.13. The van der Waals surface area contributed by atoms with E-state index in [1.807, 2.05) is 57.9 Å². The Morgan fingerprint density at radius 1 is 0.905 bits per heavy atom. The van der Waals surface area contributed by atoms with Crippen molar-refractivity contribution in [3.63, 3.8) is 0 Å². The second-order valence-corrected chi connectivity index (χ2v) is 6.56. The highest BCUT2D eigenvalue weighted by Crippen LogP contribution is 2.39. The van der Waals surface area contributed by atoms with Crippen molar-refractivity contribution in [2.45, 2.75) is 5.60 Å². The molecular weight excluding hydrogens is 298 g/mol. The van der Waals surface area contributed by atoms with Gasteiger partial charge in [0, 0.05) is 16.6 Å². The normalized spacial score (nSPS) is 12.0. The zero-order valence-corrected chi connectivity index (χ0v) is 12.7. The maximum absolute atomic E-state index is 11.5. The minimum Gasteiger partial charge on any atom is -0.374 e. The number of hydrogen-bond donors (Lipinski definition) is 2. The van der Waals surface area contributed by atoms with E-state index in [0.29, 0.717) is 0 Å². The van der Waals surface area contributed by atoms with Crippen molar-refractivity contribution in [2.24, 2.45) is 0 Å². The predicted molar refractivity (Wildman–Crippen MR) is 89.0 cm³/mol. The van der Waals surface area contributed by atoms with Crippen LogP contribution in [-0.2, 0) is 5.60 Å². The van der Waals surface area contributed by atoms with Crippen LogP contribution in [0.25, 0.3) is 10.9 Å². The number of rotatable bonds is 3. The van der Waals surface area contributed by atoms with E-state index >= 15 is 0 Å². The van der Waals surface area contributed by atoms with E-state index in [4.69, 9.17) is 0 Å². The van der Waals surface area contributed by atoms with Crippen molar-refractivity contribution in [2.75, 3.05) is 0 Å². The first-order valence-corrected chi connectivity index (χ1v) is 8.53. The van der Waals surface area contributed by atoms with Crippen LogP contribution in [0.4, 0.5) is 0 Å². The monoisotopic (exact) mass is 311 g/mol. The van der Waals surface area contributed by atoms with E-state index in [-0.39, 0.29) is 0 Å². The number of benzene rings is 1. The molecule has 0 unspecified atom stereocenters. The number of fused-ring (bicyclic) bond motifs is 1. The van der Waals surface area contributed by atoms with Crippen LogP contribution in [0.5, 0.6) is 0 Å². The Morgan fingerprint density at radius 2 is 1.57 bits per heavy atom. The van der Waals surface area contributed by atoms with E-state index in [9.17, 15) is 5.11 Å². The van der Waals surface area contributed by atoms with Gasteiger partial charge in [-0.25, -0.2) is 0 Å². The lowest BCUT2D eigenvalue weighted by Crippen LogP contribution is -2.28. The summed E-state index contributed by atoms with van der Waals surface area (Å²) in [5.41, 5.74) is 2.52. The lowest BCUT2D eigenvalue weighted by molar-refractivity contribution is 0.122. The molecule has 104 valence electrons. The average Bonchev–Trinajstić information content (AvgIpc) is 3.26. The Labute approximate surface area is 130 Å². The molecule has 1 aromatic carbocycles. The van der Waals surface area contributed by atoms with Gasteiger partial charge in [0.1, 0.15) is 0 Å². The smallest absolute Gasteiger partial charge is 0.156 e. The van der Waals surface area contributed by atoms with E-state index in [0.717, 1.165) is 27.7 Å². The first-order valence-electron chi connectivity index (χ1n) is 6.64. The zero-order valence-electron chi connectivity index (χ0n) is 11.1. The topological polar surface area (TPSA) is 36.0 Å². The van der Waals surface area contributed by atoms with E-state index in [1.54, 1.807) is 22.7 Å².